The Morgan fingerprint density at radius 2 is 1.31 bits per heavy atom. The molecular weight excluding hydrogens is 475 g/mol. The molecule has 1 amide bonds. The molecule has 4 aromatic rings. The second-order valence-electron chi connectivity index (χ2n) is 8.60. The lowest BCUT2D eigenvalue weighted by atomic mass is 9.98. The average molecular weight is 503 g/mol. The highest BCUT2D eigenvalue weighted by atomic mass is 32.2. The topological polar surface area (TPSA) is 66.5 Å². The molecule has 4 rings (SSSR count). The minimum atomic E-state index is -4.23. The highest BCUT2D eigenvalue weighted by molar-refractivity contribution is 7.92. The maximum atomic E-state index is 14.8. The summed E-state index contributed by atoms with van der Waals surface area (Å²) in [4.78, 5) is 13.3. The molecule has 0 bridgehead atoms. The third-order valence-corrected chi connectivity index (χ3v) is 7.64. The van der Waals surface area contributed by atoms with E-state index in [2.05, 4.69) is 5.32 Å². The second kappa shape index (κ2) is 10.7. The molecule has 0 unspecified atom stereocenters. The first-order valence-electron chi connectivity index (χ1n) is 11.5. The average Bonchev–Trinajstić information content (AvgIpc) is 2.88. The van der Waals surface area contributed by atoms with Crippen LogP contribution in [-0.4, -0.2) is 20.9 Å². The Morgan fingerprint density at radius 1 is 0.778 bits per heavy atom. The number of benzene rings is 4. The first kappa shape index (κ1) is 25.1. The fraction of sp³-hybridized carbons (Fsp3) is 0.138. The molecule has 0 aliphatic carbocycles. The molecule has 0 heterocycles. The van der Waals surface area contributed by atoms with Crippen LogP contribution in [0.3, 0.4) is 0 Å². The molecule has 0 aromatic heterocycles. The molecule has 1 atom stereocenters. The zero-order valence-electron chi connectivity index (χ0n) is 20.1. The number of para-hydroxylation sites is 1. The zero-order valence-corrected chi connectivity index (χ0v) is 20.9. The van der Waals surface area contributed by atoms with Crippen molar-refractivity contribution in [2.24, 2.45) is 0 Å². The van der Waals surface area contributed by atoms with E-state index in [-0.39, 0.29) is 10.6 Å². The summed E-state index contributed by atoms with van der Waals surface area (Å²) in [5.74, 6) is -1.30. The highest BCUT2D eigenvalue weighted by Gasteiger charge is 2.30. The number of amides is 1. The quantitative estimate of drug-likeness (QED) is 0.344. The number of halogens is 1. The first-order valence-corrected chi connectivity index (χ1v) is 12.9. The highest BCUT2D eigenvalue weighted by Crippen LogP contribution is 2.27. The molecule has 0 saturated carbocycles. The third kappa shape index (κ3) is 5.63. The van der Waals surface area contributed by atoms with Gasteiger partial charge in [0.05, 0.1) is 16.6 Å². The fourth-order valence-electron chi connectivity index (χ4n) is 3.89. The van der Waals surface area contributed by atoms with Gasteiger partial charge in [0.1, 0.15) is 12.4 Å². The molecule has 36 heavy (non-hydrogen) atoms. The van der Waals surface area contributed by atoms with Gasteiger partial charge in [-0.15, -0.1) is 0 Å². The molecule has 0 aliphatic rings. The number of aryl methyl sites for hydroxylation is 2. The Labute approximate surface area is 211 Å². The van der Waals surface area contributed by atoms with Crippen molar-refractivity contribution >= 4 is 21.6 Å². The number of nitrogens with one attached hydrogen (secondary N) is 1. The van der Waals surface area contributed by atoms with E-state index in [1.165, 1.54) is 36.4 Å². The van der Waals surface area contributed by atoms with E-state index in [0.29, 0.717) is 0 Å². The van der Waals surface area contributed by atoms with Crippen LogP contribution in [-0.2, 0) is 14.8 Å². The number of carbonyl (C=O) groups excluding carboxylic acids is 1. The van der Waals surface area contributed by atoms with Gasteiger partial charge in [-0.3, -0.25) is 9.10 Å². The van der Waals surface area contributed by atoms with Gasteiger partial charge in [0, 0.05) is 0 Å². The van der Waals surface area contributed by atoms with Crippen molar-refractivity contribution in [2.75, 3.05) is 10.8 Å². The third-order valence-electron chi connectivity index (χ3n) is 5.87. The Morgan fingerprint density at radius 3 is 1.92 bits per heavy atom. The minimum Gasteiger partial charge on any atom is -0.344 e. The molecule has 0 radical (unpaired) electrons. The molecule has 4 aromatic carbocycles. The van der Waals surface area contributed by atoms with E-state index in [9.17, 15) is 17.6 Å². The number of hydrogen-bond donors (Lipinski definition) is 1. The molecule has 5 nitrogen and oxygen atoms in total. The maximum absolute atomic E-state index is 14.8. The molecule has 0 fully saturated rings. The van der Waals surface area contributed by atoms with Crippen molar-refractivity contribution in [2.45, 2.75) is 24.8 Å². The van der Waals surface area contributed by atoms with Crippen LogP contribution >= 0.6 is 0 Å². The Hall–Kier alpha value is -3.97. The van der Waals surface area contributed by atoms with Crippen LogP contribution in [0.25, 0.3) is 0 Å². The SMILES string of the molecule is Cc1ccc([C@H](NC(=O)CN(c2ccccc2F)S(=O)(=O)c2ccc(C)cc2)c2ccccc2)cc1. The predicted octanol–water partition coefficient (Wildman–Crippen LogP) is 5.54. The Bertz CT molecular complexity index is 1440. The molecule has 0 aliphatic heterocycles. The van der Waals surface area contributed by atoms with Gasteiger partial charge >= 0.3 is 0 Å². The predicted molar refractivity (Wildman–Crippen MR) is 140 cm³/mol. The fourth-order valence-corrected chi connectivity index (χ4v) is 5.32. The first-order chi connectivity index (χ1) is 17.3. The number of rotatable bonds is 8. The summed E-state index contributed by atoms with van der Waals surface area (Å²) in [6, 6.07) is 28.4. The zero-order chi connectivity index (χ0) is 25.7. The van der Waals surface area contributed by atoms with Crippen molar-refractivity contribution in [3.8, 4) is 0 Å². The van der Waals surface area contributed by atoms with Crippen molar-refractivity contribution in [1.29, 1.82) is 0 Å². The van der Waals surface area contributed by atoms with Crippen LogP contribution in [0, 0.1) is 19.7 Å². The number of anilines is 1. The Balaban J connectivity index is 1.69. The van der Waals surface area contributed by atoms with Gasteiger partial charge in [-0.2, -0.15) is 0 Å². The van der Waals surface area contributed by atoms with Gasteiger partial charge in [0.2, 0.25) is 5.91 Å². The van der Waals surface area contributed by atoms with E-state index < -0.39 is 34.3 Å². The lowest BCUT2D eigenvalue weighted by Crippen LogP contribution is -2.42. The van der Waals surface area contributed by atoms with E-state index >= 15 is 0 Å². The van der Waals surface area contributed by atoms with Gasteiger partial charge in [0.25, 0.3) is 10.0 Å². The van der Waals surface area contributed by atoms with Crippen LogP contribution in [0.15, 0.2) is 108 Å². The van der Waals surface area contributed by atoms with Crippen molar-refractivity contribution in [1.82, 2.24) is 5.32 Å². The number of hydrogen-bond acceptors (Lipinski definition) is 3. The lowest BCUT2D eigenvalue weighted by molar-refractivity contribution is -0.120. The Kier molecular flexibility index (Phi) is 7.50. The van der Waals surface area contributed by atoms with Crippen molar-refractivity contribution in [3.05, 3.63) is 131 Å². The second-order valence-corrected chi connectivity index (χ2v) is 10.5. The van der Waals surface area contributed by atoms with Crippen molar-refractivity contribution in [3.63, 3.8) is 0 Å². The van der Waals surface area contributed by atoms with Crippen LogP contribution < -0.4 is 9.62 Å². The summed E-state index contributed by atoms with van der Waals surface area (Å²) in [7, 11) is -4.23. The molecule has 184 valence electrons. The van der Waals surface area contributed by atoms with Crippen molar-refractivity contribution < 1.29 is 17.6 Å². The number of carbonyl (C=O) groups is 1. The molecule has 0 spiro atoms. The summed E-state index contributed by atoms with van der Waals surface area (Å²) in [6.45, 7) is 3.22. The van der Waals surface area contributed by atoms with E-state index in [4.69, 9.17) is 0 Å². The normalized spacial score (nSPS) is 12.1. The van der Waals surface area contributed by atoms with Crippen LogP contribution in [0.2, 0.25) is 0 Å². The monoisotopic (exact) mass is 502 g/mol. The summed E-state index contributed by atoms with van der Waals surface area (Å²) in [6.07, 6.45) is 0. The summed E-state index contributed by atoms with van der Waals surface area (Å²) in [5.41, 5.74) is 3.45. The molecule has 1 N–H and O–H groups in total. The number of sulfonamides is 1. The largest absolute Gasteiger partial charge is 0.344 e. The van der Waals surface area contributed by atoms with E-state index in [1.807, 2.05) is 68.4 Å². The lowest BCUT2D eigenvalue weighted by Gasteiger charge is -2.26. The molecular formula is C29H27FN2O3S. The van der Waals surface area contributed by atoms with Gasteiger partial charge in [-0.05, 0) is 49.2 Å². The van der Waals surface area contributed by atoms with Crippen LogP contribution in [0.1, 0.15) is 28.3 Å². The van der Waals surface area contributed by atoms with E-state index in [1.54, 1.807) is 12.1 Å². The smallest absolute Gasteiger partial charge is 0.264 e. The minimum absolute atomic E-state index is 0.0257. The van der Waals surface area contributed by atoms with Gasteiger partial charge < -0.3 is 5.32 Å². The van der Waals surface area contributed by atoms with Gasteiger partial charge in [0.15, 0.2) is 0 Å². The molecule has 7 heteroatoms. The number of nitrogens with zero attached hydrogens (tertiary/aromatic N) is 1. The van der Waals surface area contributed by atoms with E-state index in [0.717, 1.165) is 26.6 Å². The van der Waals surface area contributed by atoms with Gasteiger partial charge in [-0.25, -0.2) is 12.8 Å². The van der Waals surface area contributed by atoms with Crippen LogP contribution in [0.4, 0.5) is 10.1 Å². The standard InChI is InChI=1S/C29H27FN2O3S/c1-21-12-16-24(17-13-21)29(23-8-4-3-5-9-23)31-28(33)20-32(27-11-7-6-10-26(27)30)36(34,35)25-18-14-22(2)15-19-25/h3-19,29H,20H2,1-2H3,(H,31,33)/t29-/m1/s1. The summed E-state index contributed by atoms with van der Waals surface area (Å²) >= 11 is 0. The van der Waals surface area contributed by atoms with Gasteiger partial charge in [-0.1, -0.05) is 90.0 Å². The maximum Gasteiger partial charge on any atom is 0.264 e. The van der Waals surface area contributed by atoms with Crippen LogP contribution in [0.5, 0.6) is 0 Å². The molecule has 0 saturated heterocycles. The summed E-state index contributed by atoms with van der Waals surface area (Å²) < 4.78 is 42.8. The summed E-state index contributed by atoms with van der Waals surface area (Å²) in [5, 5.41) is 2.95.